The van der Waals surface area contributed by atoms with Crippen molar-refractivity contribution in [3.8, 4) is 11.4 Å². The monoisotopic (exact) mass is 387 g/mol. The summed E-state index contributed by atoms with van der Waals surface area (Å²) in [5, 5.41) is 8.74. The Labute approximate surface area is 170 Å². The average Bonchev–Trinajstić information content (AvgIpc) is 3.31. The van der Waals surface area contributed by atoms with E-state index in [2.05, 4.69) is 24.6 Å². The molecule has 3 aromatic heterocycles. The second kappa shape index (κ2) is 6.90. The molecule has 1 aliphatic heterocycles. The van der Waals surface area contributed by atoms with Gasteiger partial charge in [-0.3, -0.25) is 4.98 Å². The molecule has 2 aliphatic carbocycles. The van der Waals surface area contributed by atoms with Crippen LogP contribution >= 0.6 is 0 Å². The van der Waals surface area contributed by atoms with Gasteiger partial charge in [0.05, 0.1) is 0 Å². The predicted octanol–water partition coefficient (Wildman–Crippen LogP) is 3.34. The molecule has 29 heavy (non-hydrogen) atoms. The first-order chi connectivity index (χ1) is 14.4. The first-order valence-corrected chi connectivity index (χ1v) is 10.8. The Morgan fingerprint density at radius 2 is 2.00 bits per heavy atom. The molecular weight excluding hydrogens is 362 g/mol. The van der Waals surface area contributed by atoms with Crippen molar-refractivity contribution in [2.45, 2.75) is 56.9 Å². The second-order valence-electron chi connectivity index (χ2n) is 8.50. The molecule has 2 fully saturated rings. The zero-order valence-electron chi connectivity index (χ0n) is 16.5. The van der Waals surface area contributed by atoms with E-state index < -0.39 is 0 Å². The highest BCUT2D eigenvalue weighted by molar-refractivity contribution is 5.61. The van der Waals surface area contributed by atoms with Crippen molar-refractivity contribution in [1.82, 2.24) is 29.7 Å². The highest BCUT2D eigenvalue weighted by Crippen LogP contribution is 2.39. The number of piperidine rings is 1. The van der Waals surface area contributed by atoms with Crippen LogP contribution in [0.3, 0.4) is 0 Å². The highest BCUT2D eigenvalue weighted by atomic mass is 15.3. The lowest BCUT2D eigenvalue weighted by atomic mass is 9.96. The second-order valence-corrected chi connectivity index (χ2v) is 8.50. The molecule has 0 spiro atoms. The van der Waals surface area contributed by atoms with Crippen LogP contribution < -0.4 is 4.90 Å². The molecule has 4 heterocycles. The third-order valence-corrected chi connectivity index (χ3v) is 6.46. The number of hydrogen-bond acceptors (Lipinski definition) is 6. The Balaban J connectivity index is 1.35. The lowest BCUT2D eigenvalue weighted by molar-refractivity contribution is 0.468. The van der Waals surface area contributed by atoms with E-state index in [4.69, 9.17) is 9.97 Å². The fourth-order valence-electron chi connectivity index (χ4n) is 4.86. The van der Waals surface area contributed by atoms with Gasteiger partial charge in [-0.15, -0.1) is 10.2 Å². The number of hydrogen-bond donors (Lipinski definition) is 0. The van der Waals surface area contributed by atoms with Crippen LogP contribution in [0.1, 0.15) is 61.1 Å². The molecule has 0 N–H and O–H groups in total. The van der Waals surface area contributed by atoms with Gasteiger partial charge in [0.15, 0.2) is 5.82 Å². The van der Waals surface area contributed by atoms with E-state index in [1.54, 1.807) is 6.20 Å². The SMILES string of the molecule is c1cncc(-c2nc3c(c(N4CCC[C@@H](c5nncn5C5CC5)C4)n2)CCC3)c1. The van der Waals surface area contributed by atoms with Gasteiger partial charge >= 0.3 is 0 Å². The van der Waals surface area contributed by atoms with Gasteiger partial charge in [-0.25, -0.2) is 9.97 Å². The van der Waals surface area contributed by atoms with E-state index in [1.165, 1.54) is 36.9 Å². The van der Waals surface area contributed by atoms with Gasteiger partial charge in [0.2, 0.25) is 0 Å². The maximum absolute atomic E-state index is 5.06. The van der Waals surface area contributed by atoms with Crippen LogP contribution in [0.5, 0.6) is 0 Å². The minimum Gasteiger partial charge on any atom is -0.356 e. The third kappa shape index (κ3) is 3.09. The lowest BCUT2D eigenvalue weighted by Crippen LogP contribution is -2.36. The zero-order valence-corrected chi connectivity index (χ0v) is 16.5. The van der Waals surface area contributed by atoms with Crippen molar-refractivity contribution in [2.75, 3.05) is 18.0 Å². The normalized spacial score (nSPS) is 21.4. The minimum absolute atomic E-state index is 0.417. The molecule has 148 valence electrons. The molecule has 1 atom stereocenters. The van der Waals surface area contributed by atoms with Gasteiger partial charge in [-0.2, -0.15) is 0 Å². The van der Waals surface area contributed by atoms with Crippen molar-refractivity contribution in [3.05, 3.63) is 47.9 Å². The first kappa shape index (κ1) is 17.1. The standard InChI is InChI=1S/C22H25N7/c1-6-18-19(7-1)25-20(15-4-2-10-23-12-15)26-22(18)28-11-3-5-16(13-28)21-27-24-14-29(21)17-8-9-17/h2,4,10,12,14,16-17H,1,3,5-9,11,13H2/t16-/m1/s1. The number of rotatable bonds is 4. The number of pyridine rings is 1. The summed E-state index contributed by atoms with van der Waals surface area (Å²) in [7, 11) is 0. The molecule has 0 unspecified atom stereocenters. The Hall–Kier alpha value is -2.83. The Kier molecular flexibility index (Phi) is 4.06. The molecule has 6 rings (SSSR count). The zero-order chi connectivity index (χ0) is 19.2. The molecule has 1 saturated carbocycles. The molecule has 3 aliphatic rings. The van der Waals surface area contributed by atoms with Gasteiger partial charge in [0.1, 0.15) is 18.0 Å². The molecule has 7 nitrogen and oxygen atoms in total. The van der Waals surface area contributed by atoms with E-state index in [9.17, 15) is 0 Å². The predicted molar refractivity (Wildman–Crippen MR) is 110 cm³/mol. The van der Waals surface area contributed by atoms with Crippen LogP contribution in [-0.4, -0.2) is 42.8 Å². The Morgan fingerprint density at radius 1 is 1.03 bits per heavy atom. The molecule has 1 saturated heterocycles. The molecule has 7 heteroatoms. The van der Waals surface area contributed by atoms with Crippen LogP contribution in [0.2, 0.25) is 0 Å². The minimum atomic E-state index is 0.417. The van der Waals surface area contributed by atoms with E-state index in [-0.39, 0.29) is 0 Å². The van der Waals surface area contributed by atoms with E-state index in [0.29, 0.717) is 12.0 Å². The van der Waals surface area contributed by atoms with Gasteiger partial charge in [0.25, 0.3) is 0 Å². The Morgan fingerprint density at radius 3 is 2.86 bits per heavy atom. The smallest absolute Gasteiger partial charge is 0.163 e. The van der Waals surface area contributed by atoms with Crippen LogP contribution in [0.15, 0.2) is 30.9 Å². The summed E-state index contributed by atoms with van der Waals surface area (Å²) in [5.74, 6) is 3.52. The van der Waals surface area contributed by atoms with Crippen molar-refractivity contribution in [1.29, 1.82) is 0 Å². The summed E-state index contributed by atoms with van der Waals surface area (Å²) >= 11 is 0. The summed E-state index contributed by atoms with van der Waals surface area (Å²) in [5.41, 5.74) is 3.56. The van der Waals surface area contributed by atoms with Crippen LogP contribution in [-0.2, 0) is 12.8 Å². The van der Waals surface area contributed by atoms with Crippen LogP contribution in [0, 0.1) is 0 Å². The number of nitrogens with zero attached hydrogens (tertiary/aromatic N) is 7. The van der Waals surface area contributed by atoms with Gasteiger partial charge in [-0.05, 0) is 57.1 Å². The molecule has 0 radical (unpaired) electrons. The summed E-state index contributed by atoms with van der Waals surface area (Å²) in [6.07, 6.45) is 13.7. The molecule has 0 amide bonds. The van der Waals surface area contributed by atoms with Crippen LogP contribution in [0.25, 0.3) is 11.4 Å². The molecule has 0 aromatic carbocycles. The quantitative estimate of drug-likeness (QED) is 0.684. The molecule has 0 bridgehead atoms. The number of aromatic nitrogens is 6. The van der Waals surface area contributed by atoms with Crippen LogP contribution in [0.4, 0.5) is 5.82 Å². The molecule has 3 aromatic rings. The fourth-order valence-corrected chi connectivity index (χ4v) is 4.86. The maximum Gasteiger partial charge on any atom is 0.163 e. The van der Waals surface area contributed by atoms with Crippen molar-refractivity contribution in [2.24, 2.45) is 0 Å². The summed E-state index contributed by atoms with van der Waals surface area (Å²) in [4.78, 5) is 16.7. The summed E-state index contributed by atoms with van der Waals surface area (Å²) < 4.78 is 2.32. The Bertz CT molecular complexity index is 1020. The maximum atomic E-state index is 5.06. The summed E-state index contributed by atoms with van der Waals surface area (Å²) in [6, 6.07) is 4.62. The highest BCUT2D eigenvalue weighted by Gasteiger charge is 2.33. The number of anilines is 1. The average molecular weight is 387 g/mol. The van der Waals surface area contributed by atoms with Crippen molar-refractivity contribution < 1.29 is 0 Å². The van der Waals surface area contributed by atoms with Crippen molar-refractivity contribution >= 4 is 5.82 Å². The van der Waals surface area contributed by atoms with E-state index in [1.807, 2.05) is 24.7 Å². The van der Waals surface area contributed by atoms with E-state index >= 15 is 0 Å². The van der Waals surface area contributed by atoms with Crippen molar-refractivity contribution in [3.63, 3.8) is 0 Å². The third-order valence-electron chi connectivity index (χ3n) is 6.46. The number of aryl methyl sites for hydroxylation is 1. The lowest BCUT2D eigenvalue weighted by Gasteiger charge is -2.34. The van der Waals surface area contributed by atoms with Gasteiger partial charge < -0.3 is 9.47 Å². The molecular formula is C22H25N7. The van der Waals surface area contributed by atoms with Gasteiger partial charge in [-0.1, -0.05) is 0 Å². The topological polar surface area (TPSA) is 72.6 Å². The van der Waals surface area contributed by atoms with E-state index in [0.717, 1.165) is 55.4 Å². The number of fused-ring (bicyclic) bond motifs is 1. The fraction of sp³-hybridized carbons (Fsp3) is 0.500. The summed E-state index contributed by atoms with van der Waals surface area (Å²) in [6.45, 7) is 2.01. The largest absolute Gasteiger partial charge is 0.356 e. The van der Waals surface area contributed by atoms with Gasteiger partial charge in [0, 0.05) is 54.3 Å². The first-order valence-electron chi connectivity index (χ1n) is 10.8.